The molecule has 0 bridgehead atoms. The first-order chi connectivity index (χ1) is 7.54. The van der Waals surface area contributed by atoms with E-state index in [1.54, 1.807) is 12.1 Å². The number of aryl methyl sites for hydroxylation is 1. The standard InChI is InChI=1S/C10H14N4O2/c1-7-3-5-8(6-4-7)9(15)13-14(2)10(16)12-11/h3-6H,11H2,1-2H3,(H,12,16)(H,13,15). The molecule has 0 saturated heterocycles. The van der Waals surface area contributed by atoms with Crippen molar-refractivity contribution >= 4 is 11.9 Å². The zero-order valence-corrected chi connectivity index (χ0v) is 9.15. The van der Waals surface area contributed by atoms with Gasteiger partial charge >= 0.3 is 6.03 Å². The molecular formula is C10H14N4O2. The lowest BCUT2D eigenvalue weighted by Gasteiger charge is -2.17. The predicted octanol–water partition coefficient (Wildman–Crippen LogP) is 0.155. The van der Waals surface area contributed by atoms with E-state index in [1.165, 1.54) is 7.05 Å². The van der Waals surface area contributed by atoms with Crippen molar-refractivity contribution in [2.45, 2.75) is 6.92 Å². The number of urea groups is 1. The molecule has 4 N–H and O–H groups in total. The van der Waals surface area contributed by atoms with Gasteiger partial charge in [-0.25, -0.2) is 15.6 Å². The van der Waals surface area contributed by atoms with Gasteiger partial charge in [0.15, 0.2) is 0 Å². The SMILES string of the molecule is Cc1ccc(C(=O)NN(C)C(=O)NN)cc1. The third-order valence-electron chi connectivity index (χ3n) is 2.01. The average molecular weight is 222 g/mol. The summed E-state index contributed by atoms with van der Waals surface area (Å²) < 4.78 is 0. The third-order valence-corrected chi connectivity index (χ3v) is 2.01. The molecule has 0 aliphatic rings. The number of hydrazine groups is 2. The number of nitrogens with one attached hydrogen (secondary N) is 2. The minimum atomic E-state index is -0.597. The number of carbonyl (C=O) groups excluding carboxylic acids is 2. The summed E-state index contributed by atoms with van der Waals surface area (Å²) in [5.74, 6) is 4.55. The molecule has 0 atom stereocenters. The van der Waals surface area contributed by atoms with Crippen molar-refractivity contribution in [2.24, 2.45) is 5.84 Å². The summed E-state index contributed by atoms with van der Waals surface area (Å²) in [6.45, 7) is 1.93. The zero-order chi connectivity index (χ0) is 12.1. The molecule has 0 heterocycles. The molecule has 0 spiro atoms. The van der Waals surface area contributed by atoms with Crippen molar-refractivity contribution in [1.29, 1.82) is 0 Å². The van der Waals surface area contributed by atoms with Gasteiger partial charge in [-0.15, -0.1) is 0 Å². The quantitative estimate of drug-likeness (QED) is 0.359. The second kappa shape index (κ2) is 5.13. The van der Waals surface area contributed by atoms with E-state index in [4.69, 9.17) is 5.84 Å². The maximum absolute atomic E-state index is 11.6. The minimum absolute atomic E-state index is 0.369. The van der Waals surface area contributed by atoms with E-state index in [2.05, 4.69) is 5.43 Å². The minimum Gasteiger partial charge on any atom is -0.274 e. The van der Waals surface area contributed by atoms with Crippen LogP contribution in [0.3, 0.4) is 0 Å². The van der Waals surface area contributed by atoms with Crippen LogP contribution in [0, 0.1) is 6.92 Å². The largest absolute Gasteiger partial charge is 0.349 e. The average Bonchev–Trinajstić information content (AvgIpc) is 2.28. The molecule has 1 rings (SSSR count). The van der Waals surface area contributed by atoms with E-state index in [-0.39, 0.29) is 5.91 Å². The van der Waals surface area contributed by atoms with E-state index in [9.17, 15) is 9.59 Å². The number of amides is 3. The number of hydrogen-bond acceptors (Lipinski definition) is 3. The maximum Gasteiger partial charge on any atom is 0.349 e. The first-order valence-electron chi connectivity index (χ1n) is 4.66. The van der Waals surface area contributed by atoms with Gasteiger partial charge in [0.2, 0.25) is 0 Å². The molecule has 0 radical (unpaired) electrons. The van der Waals surface area contributed by atoms with Crippen molar-refractivity contribution in [1.82, 2.24) is 15.9 Å². The Hall–Kier alpha value is -2.08. The Morgan fingerprint density at radius 3 is 2.31 bits per heavy atom. The summed E-state index contributed by atoms with van der Waals surface area (Å²) in [7, 11) is 1.40. The molecule has 16 heavy (non-hydrogen) atoms. The van der Waals surface area contributed by atoms with Crippen molar-refractivity contribution in [2.75, 3.05) is 7.05 Å². The maximum atomic E-state index is 11.6. The van der Waals surface area contributed by atoms with Gasteiger partial charge in [-0.1, -0.05) is 17.7 Å². The molecule has 0 unspecified atom stereocenters. The fraction of sp³-hybridized carbons (Fsp3) is 0.200. The number of nitrogens with zero attached hydrogens (tertiary/aromatic N) is 1. The lowest BCUT2D eigenvalue weighted by Crippen LogP contribution is -2.50. The van der Waals surface area contributed by atoms with E-state index >= 15 is 0 Å². The Bertz CT molecular complexity index is 388. The van der Waals surface area contributed by atoms with Crippen molar-refractivity contribution in [3.63, 3.8) is 0 Å². The first kappa shape index (κ1) is 12.0. The van der Waals surface area contributed by atoms with Crippen LogP contribution in [-0.2, 0) is 0 Å². The lowest BCUT2D eigenvalue weighted by molar-refractivity contribution is 0.0854. The van der Waals surface area contributed by atoms with Gasteiger partial charge in [0.25, 0.3) is 5.91 Å². The van der Waals surface area contributed by atoms with Crippen molar-refractivity contribution in [3.05, 3.63) is 35.4 Å². The molecular weight excluding hydrogens is 208 g/mol. The summed E-state index contributed by atoms with van der Waals surface area (Å²) in [6.07, 6.45) is 0. The first-order valence-corrected chi connectivity index (χ1v) is 4.66. The normalized spacial score (nSPS) is 9.44. The zero-order valence-electron chi connectivity index (χ0n) is 9.15. The van der Waals surface area contributed by atoms with Crippen LogP contribution >= 0.6 is 0 Å². The fourth-order valence-corrected chi connectivity index (χ4v) is 1.07. The Morgan fingerprint density at radius 2 is 1.81 bits per heavy atom. The topological polar surface area (TPSA) is 87.5 Å². The van der Waals surface area contributed by atoms with Crippen molar-refractivity contribution < 1.29 is 9.59 Å². The van der Waals surface area contributed by atoms with E-state index in [1.807, 2.05) is 24.5 Å². The summed E-state index contributed by atoms with van der Waals surface area (Å²) in [4.78, 5) is 22.6. The highest BCUT2D eigenvalue weighted by atomic mass is 16.2. The van der Waals surface area contributed by atoms with Gasteiger partial charge < -0.3 is 0 Å². The second-order valence-electron chi connectivity index (χ2n) is 3.32. The van der Waals surface area contributed by atoms with Crippen molar-refractivity contribution in [3.8, 4) is 0 Å². The molecule has 0 aromatic heterocycles. The van der Waals surface area contributed by atoms with Crippen LogP contribution in [-0.4, -0.2) is 24.0 Å². The third kappa shape index (κ3) is 2.96. The Balaban J connectivity index is 2.65. The molecule has 1 aromatic carbocycles. The Kier molecular flexibility index (Phi) is 3.84. The molecule has 0 saturated carbocycles. The molecule has 0 aliphatic carbocycles. The smallest absolute Gasteiger partial charge is 0.274 e. The summed E-state index contributed by atoms with van der Waals surface area (Å²) in [5.41, 5.74) is 5.81. The van der Waals surface area contributed by atoms with Crippen LogP contribution in [0.2, 0.25) is 0 Å². The molecule has 6 nitrogen and oxygen atoms in total. The van der Waals surface area contributed by atoms with Gasteiger partial charge in [-0.2, -0.15) is 0 Å². The molecule has 86 valence electrons. The highest BCUT2D eigenvalue weighted by Gasteiger charge is 2.11. The van der Waals surface area contributed by atoms with Crippen LogP contribution in [0.15, 0.2) is 24.3 Å². The summed E-state index contributed by atoms with van der Waals surface area (Å²) in [6, 6.07) is 6.40. The van der Waals surface area contributed by atoms with Crippen LogP contribution in [0.25, 0.3) is 0 Å². The number of carbonyl (C=O) groups is 2. The number of nitrogens with two attached hydrogens (primary N) is 1. The Labute approximate surface area is 93.4 Å². The van der Waals surface area contributed by atoms with Crippen LogP contribution in [0.5, 0.6) is 0 Å². The monoisotopic (exact) mass is 222 g/mol. The van der Waals surface area contributed by atoms with Gasteiger partial charge in [0, 0.05) is 12.6 Å². The molecule has 1 aromatic rings. The van der Waals surface area contributed by atoms with E-state index < -0.39 is 6.03 Å². The highest BCUT2D eigenvalue weighted by molar-refractivity contribution is 5.95. The van der Waals surface area contributed by atoms with E-state index in [0.717, 1.165) is 10.6 Å². The lowest BCUT2D eigenvalue weighted by atomic mass is 10.1. The number of rotatable bonds is 1. The van der Waals surface area contributed by atoms with Gasteiger partial charge in [0.1, 0.15) is 0 Å². The van der Waals surface area contributed by atoms with Gasteiger partial charge in [-0.3, -0.25) is 15.6 Å². The van der Waals surface area contributed by atoms with Gasteiger partial charge in [-0.05, 0) is 19.1 Å². The molecule has 3 amide bonds. The van der Waals surface area contributed by atoms with E-state index in [0.29, 0.717) is 5.56 Å². The predicted molar refractivity (Wildman–Crippen MR) is 59.1 cm³/mol. The number of hydrogen-bond donors (Lipinski definition) is 3. The summed E-state index contributed by atoms with van der Waals surface area (Å²) >= 11 is 0. The van der Waals surface area contributed by atoms with Crippen LogP contribution in [0.1, 0.15) is 15.9 Å². The van der Waals surface area contributed by atoms with Crippen LogP contribution < -0.4 is 16.7 Å². The number of benzene rings is 1. The molecule has 0 aliphatic heterocycles. The highest BCUT2D eigenvalue weighted by Crippen LogP contribution is 2.02. The fourth-order valence-electron chi connectivity index (χ4n) is 1.07. The second-order valence-corrected chi connectivity index (χ2v) is 3.32. The Morgan fingerprint density at radius 1 is 1.25 bits per heavy atom. The molecule has 0 fully saturated rings. The summed E-state index contributed by atoms with van der Waals surface area (Å²) in [5, 5.41) is 0.974. The van der Waals surface area contributed by atoms with Gasteiger partial charge in [0.05, 0.1) is 0 Å². The molecule has 6 heteroatoms. The van der Waals surface area contributed by atoms with Crippen LogP contribution in [0.4, 0.5) is 4.79 Å².